The van der Waals surface area contributed by atoms with E-state index in [9.17, 15) is 4.79 Å². The summed E-state index contributed by atoms with van der Waals surface area (Å²) >= 11 is 0. The Kier molecular flexibility index (Phi) is 6.02. The summed E-state index contributed by atoms with van der Waals surface area (Å²) < 4.78 is 16.4. The first kappa shape index (κ1) is 18.5. The van der Waals surface area contributed by atoms with Crippen LogP contribution < -0.4 is 4.74 Å². The van der Waals surface area contributed by atoms with Crippen molar-refractivity contribution in [3.05, 3.63) is 35.9 Å². The molecule has 1 fully saturated rings. The predicted octanol–water partition coefficient (Wildman–Crippen LogP) is 2.75. The van der Waals surface area contributed by atoms with Crippen molar-refractivity contribution in [2.24, 2.45) is 0 Å². The third kappa shape index (κ3) is 4.82. The van der Waals surface area contributed by atoms with Crippen LogP contribution in [0.15, 0.2) is 30.3 Å². The first-order chi connectivity index (χ1) is 11.3. The van der Waals surface area contributed by atoms with E-state index in [0.29, 0.717) is 19.7 Å². The molecule has 1 saturated heterocycles. The molecule has 24 heavy (non-hydrogen) atoms. The number of hydrogen-bond donors (Lipinski definition) is 0. The molecule has 1 heterocycles. The fraction of sp³-hybridized carbons (Fsp3) is 0.526. The third-order valence-electron chi connectivity index (χ3n) is 4.01. The number of carbonyl (C=O) groups is 1. The van der Waals surface area contributed by atoms with Gasteiger partial charge < -0.3 is 19.1 Å². The highest BCUT2D eigenvalue weighted by molar-refractivity contribution is 5.95. The van der Waals surface area contributed by atoms with Crippen molar-refractivity contribution in [3.63, 3.8) is 0 Å². The summed E-state index contributed by atoms with van der Waals surface area (Å²) in [5, 5.41) is 0. The molecule has 0 radical (unpaired) electrons. The van der Waals surface area contributed by atoms with Gasteiger partial charge in [-0.1, -0.05) is 12.1 Å². The van der Waals surface area contributed by atoms with E-state index in [1.54, 1.807) is 20.3 Å². The highest BCUT2D eigenvalue weighted by Crippen LogP contribution is 2.23. The number of carbonyl (C=O) groups excluding carboxylic acids is 1. The monoisotopic (exact) mass is 333 g/mol. The lowest BCUT2D eigenvalue weighted by molar-refractivity contribution is -0.165. The maximum Gasteiger partial charge on any atom is 0.247 e. The molecule has 132 valence electrons. The van der Waals surface area contributed by atoms with Crippen molar-refractivity contribution in [1.29, 1.82) is 0 Å². The van der Waals surface area contributed by atoms with E-state index in [1.807, 2.05) is 49.9 Å². The fourth-order valence-electron chi connectivity index (χ4n) is 2.96. The lowest BCUT2D eigenvalue weighted by Crippen LogP contribution is -2.55. The van der Waals surface area contributed by atoms with E-state index >= 15 is 0 Å². The number of amides is 1. The minimum absolute atomic E-state index is 0.00667. The summed E-state index contributed by atoms with van der Waals surface area (Å²) in [4.78, 5) is 14.5. The van der Waals surface area contributed by atoms with Crippen molar-refractivity contribution in [2.45, 2.75) is 32.5 Å². The van der Waals surface area contributed by atoms with Crippen LogP contribution in [0.1, 0.15) is 26.3 Å². The SMILES string of the molecule is COCC1CN(C(=O)/C=C(\C)c2cccc(OC)c2)CC(C)(C)O1. The van der Waals surface area contributed by atoms with Crippen LogP contribution in [0.2, 0.25) is 0 Å². The molecule has 5 heteroatoms. The van der Waals surface area contributed by atoms with Crippen LogP contribution in [0.4, 0.5) is 0 Å². The quantitative estimate of drug-likeness (QED) is 0.778. The maximum atomic E-state index is 12.7. The highest BCUT2D eigenvalue weighted by Gasteiger charge is 2.35. The molecule has 1 unspecified atom stereocenters. The van der Waals surface area contributed by atoms with Gasteiger partial charge in [-0.15, -0.1) is 0 Å². The average Bonchev–Trinajstić information content (AvgIpc) is 2.53. The van der Waals surface area contributed by atoms with Crippen molar-refractivity contribution >= 4 is 11.5 Å². The highest BCUT2D eigenvalue weighted by atomic mass is 16.5. The molecular weight excluding hydrogens is 306 g/mol. The van der Waals surface area contributed by atoms with Crippen LogP contribution >= 0.6 is 0 Å². The Labute approximate surface area is 144 Å². The lowest BCUT2D eigenvalue weighted by Gasteiger charge is -2.42. The zero-order valence-corrected chi connectivity index (χ0v) is 15.2. The van der Waals surface area contributed by atoms with Crippen LogP contribution in [0, 0.1) is 0 Å². The van der Waals surface area contributed by atoms with E-state index < -0.39 is 0 Å². The first-order valence-electron chi connectivity index (χ1n) is 8.13. The Bertz CT molecular complexity index is 609. The minimum Gasteiger partial charge on any atom is -0.497 e. The number of rotatable bonds is 5. The van der Waals surface area contributed by atoms with E-state index in [4.69, 9.17) is 14.2 Å². The second kappa shape index (κ2) is 7.81. The number of benzene rings is 1. The van der Waals surface area contributed by atoms with Crippen LogP contribution in [0.25, 0.3) is 5.57 Å². The predicted molar refractivity (Wildman–Crippen MR) is 94.1 cm³/mol. The number of ether oxygens (including phenoxy) is 3. The molecular formula is C19H27NO4. The largest absolute Gasteiger partial charge is 0.497 e. The number of methoxy groups -OCH3 is 2. The Balaban J connectivity index is 2.14. The number of morpholine rings is 1. The van der Waals surface area contributed by atoms with Gasteiger partial charge in [0.1, 0.15) is 5.75 Å². The van der Waals surface area contributed by atoms with Gasteiger partial charge in [-0.25, -0.2) is 0 Å². The van der Waals surface area contributed by atoms with Crippen molar-refractivity contribution in [1.82, 2.24) is 4.90 Å². The molecule has 1 aliphatic heterocycles. The standard InChI is InChI=1S/C19H27NO4/c1-14(15-7-6-8-16(10-15)23-5)9-18(21)20-11-17(12-22-4)24-19(2,3)13-20/h6-10,17H,11-13H2,1-5H3/b14-9+. The Hall–Kier alpha value is -1.85. The van der Waals surface area contributed by atoms with Gasteiger partial charge in [-0.3, -0.25) is 4.79 Å². The van der Waals surface area contributed by atoms with E-state index in [0.717, 1.165) is 16.9 Å². The summed E-state index contributed by atoms with van der Waals surface area (Å²) in [5.41, 5.74) is 1.50. The zero-order valence-electron chi connectivity index (χ0n) is 15.2. The minimum atomic E-state index is -0.380. The van der Waals surface area contributed by atoms with E-state index in [2.05, 4.69) is 0 Å². The molecule has 0 aliphatic carbocycles. The normalized spacial score (nSPS) is 20.8. The van der Waals surface area contributed by atoms with Gasteiger partial charge in [0, 0.05) is 26.3 Å². The molecule has 1 aliphatic rings. The molecule has 0 aromatic heterocycles. The summed E-state index contributed by atoms with van der Waals surface area (Å²) in [6.45, 7) is 7.50. The van der Waals surface area contributed by atoms with Crippen molar-refractivity contribution in [3.8, 4) is 5.75 Å². The van der Waals surface area contributed by atoms with Crippen LogP contribution in [-0.2, 0) is 14.3 Å². The van der Waals surface area contributed by atoms with Crippen LogP contribution in [0.5, 0.6) is 5.75 Å². The van der Waals surface area contributed by atoms with Crippen molar-refractivity contribution in [2.75, 3.05) is 33.9 Å². The summed E-state index contributed by atoms with van der Waals surface area (Å²) in [6, 6.07) is 7.70. The fourth-order valence-corrected chi connectivity index (χ4v) is 2.96. The molecule has 2 rings (SSSR count). The number of hydrogen-bond acceptors (Lipinski definition) is 4. The zero-order chi connectivity index (χ0) is 17.7. The Morgan fingerprint density at radius 1 is 1.42 bits per heavy atom. The van der Waals surface area contributed by atoms with E-state index in [1.165, 1.54) is 0 Å². The van der Waals surface area contributed by atoms with E-state index in [-0.39, 0.29) is 17.6 Å². The Morgan fingerprint density at radius 3 is 2.83 bits per heavy atom. The summed E-state index contributed by atoms with van der Waals surface area (Å²) in [5.74, 6) is 0.771. The average molecular weight is 333 g/mol. The molecule has 1 atom stereocenters. The van der Waals surface area contributed by atoms with Gasteiger partial charge in [0.25, 0.3) is 0 Å². The van der Waals surface area contributed by atoms with Gasteiger partial charge in [0.2, 0.25) is 5.91 Å². The van der Waals surface area contributed by atoms with Crippen molar-refractivity contribution < 1.29 is 19.0 Å². The van der Waals surface area contributed by atoms with Crippen LogP contribution in [0.3, 0.4) is 0 Å². The van der Waals surface area contributed by atoms with Gasteiger partial charge in [-0.2, -0.15) is 0 Å². The molecule has 1 aromatic carbocycles. The number of nitrogens with zero attached hydrogens (tertiary/aromatic N) is 1. The lowest BCUT2D eigenvalue weighted by atomic mass is 10.0. The molecule has 0 N–H and O–H groups in total. The third-order valence-corrected chi connectivity index (χ3v) is 4.01. The smallest absolute Gasteiger partial charge is 0.247 e. The second-order valence-electron chi connectivity index (χ2n) is 6.73. The molecule has 1 amide bonds. The molecule has 0 saturated carbocycles. The molecule has 1 aromatic rings. The summed E-state index contributed by atoms with van der Waals surface area (Å²) in [6.07, 6.45) is 1.58. The maximum absolute atomic E-state index is 12.7. The molecule has 0 spiro atoms. The van der Waals surface area contributed by atoms with Gasteiger partial charge in [-0.05, 0) is 44.0 Å². The van der Waals surface area contributed by atoms with Gasteiger partial charge in [0.05, 0.1) is 25.4 Å². The van der Waals surface area contributed by atoms with Gasteiger partial charge >= 0.3 is 0 Å². The molecule has 0 bridgehead atoms. The second-order valence-corrected chi connectivity index (χ2v) is 6.73. The van der Waals surface area contributed by atoms with Crippen LogP contribution in [-0.4, -0.2) is 56.4 Å². The molecule has 5 nitrogen and oxygen atoms in total. The summed E-state index contributed by atoms with van der Waals surface area (Å²) in [7, 11) is 3.28. The number of allylic oxidation sites excluding steroid dienone is 1. The first-order valence-corrected chi connectivity index (χ1v) is 8.13. The Morgan fingerprint density at radius 2 is 2.17 bits per heavy atom. The van der Waals surface area contributed by atoms with Gasteiger partial charge in [0.15, 0.2) is 0 Å². The topological polar surface area (TPSA) is 48.0 Å².